The Hall–Kier alpha value is -3.35. The van der Waals surface area contributed by atoms with Crippen molar-refractivity contribution < 1.29 is 20.0 Å². The lowest BCUT2D eigenvalue weighted by atomic mass is 10.1. The largest absolute Gasteiger partial charge is 0.478 e. The van der Waals surface area contributed by atoms with E-state index < -0.39 is 5.97 Å². The molecule has 0 unspecified atom stereocenters. The molecule has 0 radical (unpaired) electrons. The summed E-state index contributed by atoms with van der Waals surface area (Å²) in [6.45, 7) is -0.0848. The molecule has 6 heteroatoms. The second-order valence-electron chi connectivity index (χ2n) is 5.62. The second-order valence-corrected chi connectivity index (χ2v) is 5.62. The third-order valence-electron chi connectivity index (χ3n) is 3.80. The number of carboxylic acid groups (broad SMARTS) is 1. The minimum atomic E-state index is -1.06. The predicted molar refractivity (Wildman–Crippen MR) is 100 cm³/mol. The highest BCUT2D eigenvalue weighted by atomic mass is 17.1. The topological polar surface area (TPSA) is 90.8 Å². The average molecular weight is 350 g/mol. The molecule has 6 nitrogen and oxygen atoms in total. The maximum absolute atomic E-state index is 11.7. The number of hydrogen-bond donors (Lipinski definition) is 4. The molecule has 0 aliphatic rings. The van der Waals surface area contributed by atoms with Crippen LogP contribution in [0.3, 0.4) is 0 Å². The first-order chi connectivity index (χ1) is 12.7. The van der Waals surface area contributed by atoms with Gasteiger partial charge in [-0.1, -0.05) is 36.4 Å². The lowest BCUT2D eigenvalue weighted by Crippen LogP contribution is -2.07. The van der Waals surface area contributed by atoms with Crippen LogP contribution < -0.4 is 10.6 Å². The molecule has 0 heterocycles. The fraction of sp³-hybridized carbons (Fsp3) is 0.0500. The number of hydrogen-bond acceptors (Lipinski definition) is 5. The van der Waals surface area contributed by atoms with Crippen molar-refractivity contribution in [3.8, 4) is 0 Å². The minimum absolute atomic E-state index is 0.0848. The highest BCUT2D eigenvalue weighted by Gasteiger charge is 2.16. The van der Waals surface area contributed by atoms with Gasteiger partial charge in [0, 0.05) is 22.6 Å². The Balaban J connectivity index is 2.02. The van der Waals surface area contributed by atoms with E-state index >= 15 is 0 Å². The van der Waals surface area contributed by atoms with Crippen LogP contribution in [0.5, 0.6) is 0 Å². The third kappa shape index (κ3) is 4.18. The molecule has 0 aromatic heterocycles. The molecule has 0 fully saturated rings. The van der Waals surface area contributed by atoms with E-state index in [9.17, 15) is 9.90 Å². The molecule has 0 atom stereocenters. The summed E-state index contributed by atoms with van der Waals surface area (Å²) in [6.07, 6.45) is 0. The van der Waals surface area contributed by atoms with Crippen LogP contribution in [0.4, 0.5) is 22.7 Å². The van der Waals surface area contributed by atoms with Crippen molar-refractivity contribution in [2.45, 2.75) is 6.61 Å². The van der Waals surface area contributed by atoms with Gasteiger partial charge in [-0.3, -0.25) is 5.26 Å². The first-order valence-electron chi connectivity index (χ1n) is 7.98. The van der Waals surface area contributed by atoms with Crippen LogP contribution in [0.1, 0.15) is 15.9 Å². The molecule has 4 N–H and O–H groups in total. The Morgan fingerprint density at radius 2 is 1.38 bits per heavy atom. The summed E-state index contributed by atoms with van der Waals surface area (Å²) in [5, 5.41) is 24.8. The Labute approximate surface area is 150 Å². The molecule has 0 spiro atoms. The lowest BCUT2D eigenvalue weighted by Gasteiger charge is -2.17. The van der Waals surface area contributed by atoms with E-state index in [-0.39, 0.29) is 12.2 Å². The highest BCUT2D eigenvalue weighted by Crippen LogP contribution is 2.30. The van der Waals surface area contributed by atoms with Gasteiger partial charge in [-0.2, -0.15) is 0 Å². The zero-order chi connectivity index (χ0) is 18.4. The van der Waals surface area contributed by atoms with E-state index in [1.165, 1.54) is 6.07 Å². The van der Waals surface area contributed by atoms with E-state index in [4.69, 9.17) is 5.26 Å². The summed E-state index contributed by atoms with van der Waals surface area (Å²) in [7, 11) is 0. The highest BCUT2D eigenvalue weighted by molar-refractivity contribution is 5.97. The number of carboxylic acids is 1. The number of anilines is 4. The van der Waals surface area contributed by atoms with E-state index in [0.29, 0.717) is 16.9 Å². The van der Waals surface area contributed by atoms with Gasteiger partial charge in [0.15, 0.2) is 0 Å². The summed E-state index contributed by atoms with van der Waals surface area (Å²) in [5.74, 6) is -1.06. The van der Waals surface area contributed by atoms with E-state index in [1.54, 1.807) is 6.07 Å². The number of aromatic carboxylic acids is 1. The summed E-state index contributed by atoms with van der Waals surface area (Å²) in [4.78, 5) is 16.0. The van der Waals surface area contributed by atoms with Crippen LogP contribution in [0.2, 0.25) is 0 Å². The van der Waals surface area contributed by atoms with E-state index in [0.717, 1.165) is 11.4 Å². The van der Waals surface area contributed by atoms with Gasteiger partial charge < -0.3 is 15.7 Å². The Bertz CT molecular complexity index is 883. The van der Waals surface area contributed by atoms with Crippen LogP contribution >= 0.6 is 0 Å². The molecule has 0 aliphatic carbocycles. The zero-order valence-corrected chi connectivity index (χ0v) is 13.8. The lowest BCUT2D eigenvalue weighted by molar-refractivity contribution is -0.252. The Kier molecular flexibility index (Phi) is 5.48. The minimum Gasteiger partial charge on any atom is -0.478 e. The Morgan fingerprint density at radius 3 is 1.88 bits per heavy atom. The molecule has 0 bridgehead atoms. The van der Waals surface area contributed by atoms with Crippen molar-refractivity contribution in [1.82, 2.24) is 0 Å². The van der Waals surface area contributed by atoms with Crippen LogP contribution in [0.15, 0.2) is 72.8 Å². The number of carbonyl (C=O) groups is 1. The molecule has 0 aliphatic heterocycles. The van der Waals surface area contributed by atoms with Gasteiger partial charge in [0.05, 0.1) is 11.3 Å². The van der Waals surface area contributed by atoms with Crippen molar-refractivity contribution in [3.05, 3.63) is 83.9 Å². The quantitative estimate of drug-likeness (QED) is 0.359. The molecule has 3 aromatic carbocycles. The molecule has 0 saturated carbocycles. The van der Waals surface area contributed by atoms with E-state index in [1.807, 2.05) is 60.7 Å². The summed E-state index contributed by atoms with van der Waals surface area (Å²) >= 11 is 0. The van der Waals surface area contributed by atoms with Crippen molar-refractivity contribution in [3.63, 3.8) is 0 Å². The first kappa shape index (κ1) is 17.5. The van der Waals surface area contributed by atoms with Crippen molar-refractivity contribution in [1.29, 1.82) is 0 Å². The number of rotatable bonds is 7. The van der Waals surface area contributed by atoms with Gasteiger partial charge in [-0.25, -0.2) is 9.68 Å². The summed E-state index contributed by atoms with van der Waals surface area (Å²) in [5.41, 5.74) is 3.23. The van der Waals surface area contributed by atoms with Crippen LogP contribution in [0, 0.1) is 0 Å². The molecular formula is C20H18N2O4. The molecule has 132 valence electrons. The number of nitrogens with one attached hydrogen (secondary N) is 2. The smallest absolute Gasteiger partial charge is 0.337 e. The van der Waals surface area contributed by atoms with Gasteiger partial charge >= 0.3 is 5.97 Å². The monoisotopic (exact) mass is 350 g/mol. The standard InChI is InChI=1S/C20H18N2O4/c23-20(24)17-12-18(21-15-7-3-1-4-8-15)14(13-26-25)11-19(17)22-16-9-5-2-6-10-16/h1-12,21-22,25H,13H2,(H,23,24). The molecule has 3 rings (SSSR count). The van der Waals surface area contributed by atoms with Gasteiger partial charge in [0.25, 0.3) is 0 Å². The first-order valence-corrected chi connectivity index (χ1v) is 7.98. The van der Waals surface area contributed by atoms with Crippen molar-refractivity contribution in [2.75, 3.05) is 10.6 Å². The average Bonchev–Trinajstić information content (AvgIpc) is 2.65. The number of para-hydroxylation sites is 2. The fourth-order valence-corrected chi connectivity index (χ4v) is 2.58. The third-order valence-corrected chi connectivity index (χ3v) is 3.80. The molecular weight excluding hydrogens is 332 g/mol. The summed E-state index contributed by atoms with van der Waals surface area (Å²) in [6, 6.07) is 21.8. The van der Waals surface area contributed by atoms with Crippen LogP contribution in [-0.4, -0.2) is 16.3 Å². The number of benzene rings is 3. The molecule has 3 aromatic rings. The molecule has 26 heavy (non-hydrogen) atoms. The van der Waals surface area contributed by atoms with Gasteiger partial charge in [0.2, 0.25) is 0 Å². The van der Waals surface area contributed by atoms with Gasteiger partial charge in [-0.15, -0.1) is 0 Å². The van der Waals surface area contributed by atoms with E-state index in [2.05, 4.69) is 15.5 Å². The zero-order valence-electron chi connectivity index (χ0n) is 13.8. The second kappa shape index (κ2) is 8.15. The predicted octanol–water partition coefficient (Wildman–Crippen LogP) is 4.86. The van der Waals surface area contributed by atoms with Gasteiger partial charge in [-0.05, 0) is 36.4 Å². The van der Waals surface area contributed by atoms with Crippen LogP contribution in [0.25, 0.3) is 0 Å². The summed E-state index contributed by atoms with van der Waals surface area (Å²) < 4.78 is 0. The molecule has 0 amide bonds. The van der Waals surface area contributed by atoms with Crippen molar-refractivity contribution >= 4 is 28.7 Å². The van der Waals surface area contributed by atoms with Crippen LogP contribution in [-0.2, 0) is 11.5 Å². The van der Waals surface area contributed by atoms with Gasteiger partial charge in [0.1, 0.15) is 6.61 Å². The van der Waals surface area contributed by atoms with Crippen molar-refractivity contribution in [2.24, 2.45) is 0 Å². The SMILES string of the molecule is O=C(O)c1cc(Nc2ccccc2)c(COO)cc1Nc1ccccc1. The normalized spacial score (nSPS) is 10.3. The Morgan fingerprint density at radius 1 is 0.846 bits per heavy atom. The fourth-order valence-electron chi connectivity index (χ4n) is 2.58. The molecule has 0 saturated heterocycles. The maximum Gasteiger partial charge on any atom is 0.337 e. The maximum atomic E-state index is 11.7.